The quantitative estimate of drug-likeness (QED) is 0.895. The molecular weight excluding hydrogens is 261 g/mol. The molecule has 4 heteroatoms. The molecule has 82 valence electrons. The highest BCUT2D eigenvalue weighted by Gasteiger charge is 2.29. The van der Waals surface area contributed by atoms with Gasteiger partial charge >= 0.3 is 0 Å². The molecule has 1 atom stereocenters. The Bertz CT molecular complexity index is 381. The zero-order valence-electron chi connectivity index (χ0n) is 8.68. The number of rotatable bonds is 2. The summed E-state index contributed by atoms with van der Waals surface area (Å²) in [4.78, 5) is 0. The van der Waals surface area contributed by atoms with E-state index in [1.54, 1.807) is 6.07 Å². The molecule has 2 rings (SSSR count). The van der Waals surface area contributed by atoms with E-state index in [1.165, 1.54) is 6.07 Å². The summed E-state index contributed by atoms with van der Waals surface area (Å²) < 4.78 is 19.9. The normalized spacial score (nSPS) is 19.1. The first kappa shape index (κ1) is 10.9. The van der Waals surface area contributed by atoms with Crippen molar-refractivity contribution in [2.75, 3.05) is 6.61 Å². The van der Waals surface area contributed by atoms with E-state index < -0.39 is 0 Å². The Kier molecular flexibility index (Phi) is 2.98. The lowest BCUT2D eigenvalue weighted by molar-refractivity contribution is 0.301. The summed E-state index contributed by atoms with van der Waals surface area (Å²) in [6.07, 6.45) is 0. The average molecular weight is 274 g/mol. The molecule has 1 aromatic rings. The summed E-state index contributed by atoms with van der Waals surface area (Å²) in [5.74, 6) is 0.428. The molecule has 1 heterocycles. The van der Waals surface area contributed by atoms with Gasteiger partial charge in [0, 0.05) is 6.04 Å². The maximum absolute atomic E-state index is 13.6. The topological polar surface area (TPSA) is 21.3 Å². The van der Waals surface area contributed by atoms with Crippen LogP contribution in [0.5, 0.6) is 5.75 Å². The van der Waals surface area contributed by atoms with Gasteiger partial charge in [0.15, 0.2) is 0 Å². The third-order valence-corrected chi connectivity index (χ3v) is 3.00. The molecule has 1 aliphatic rings. The summed E-state index contributed by atoms with van der Waals surface area (Å²) in [5.41, 5.74) is 0.637. The van der Waals surface area contributed by atoms with Crippen LogP contribution >= 0.6 is 15.9 Å². The van der Waals surface area contributed by atoms with Gasteiger partial charge in [0.1, 0.15) is 18.2 Å². The Balaban J connectivity index is 2.37. The largest absolute Gasteiger partial charge is 0.490 e. The molecule has 0 bridgehead atoms. The second-order valence-electron chi connectivity index (χ2n) is 3.96. The molecule has 0 fully saturated rings. The summed E-state index contributed by atoms with van der Waals surface area (Å²) in [6.45, 7) is 4.56. The lowest BCUT2D eigenvalue weighted by atomic mass is 10.1. The molecule has 1 unspecified atom stereocenters. The monoisotopic (exact) mass is 273 g/mol. The van der Waals surface area contributed by atoms with Crippen LogP contribution in [0, 0.1) is 5.82 Å². The van der Waals surface area contributed by atoms with Gasteiger partial charge in [-0.15, -0.1) is 0 Å². The average Bonchev–Trinajstić information content (AvgIpc) is 2.56. The van der Waals surface area contributed by atoms with Crippen LogP contribution in [0.1, 0.15) is 25.5 Å². The van der Waals surface area contributed by atoms with Gasteiger partial charge in [0.2, 0.25) is 0 Å². The third kappa shape index (κ3) is 2.01. The van der Waals surface area contributed by atoms with Gasteiger partial charge in [0.05, 0.1) is 16.1 Å². The van der Waals surface area contributed by atoms with Gasteiger partial charge in [-0.3, -0.25) is 0 Å². The van der Waals surface area contributed by atoms with Crippen molar-refractivity contribution in [3.8, 4) is 5.75 Å². The molecule has 2 nitrogen and oxygen atoms in total. The highest BCUT2D eigenvalue weighted by atomic mass is 79.9. The molecule has 0 amide bonds. The summed E-state index contributed by atoms with van der Waals surface area (Å²) in [5, 5.41) is 3.28. The molecule has 1 N–H and O–H groups in total. The number of benzene rings is 1. The molecule has 0 aromatic heterocycles. The maximum atomic E-state index is 13.6. The fourth-order valence-corrected chi connectivity index (χ4v) is 2.26. The van der Waals surface area contributed by atoms with Crippen LogP contribution in [0.4, 0.5) is 4.39 Å². The second-order valence-corrected chi connectivity index (χ2v) is 4.81. The van der Waals surface area contributed by atoms with E-state index in [2.05, 4.69) is 21.2 Å². The summed E-state index contributed by atoms with van der Waals surface area (Å²) in [7, 11) is 0. The predicted molar refractivity (Wildman–Crippen MR) is 60.6 cm³/mol. The van der Waals surface area contributed by atoms with Crippen molar-refractivity contribution >= 4 is 15.9 Å². The molecule has 1 aliphatic heterocycles. The Labute approximate surface area is 96.9 Å². The van der Waals surface area contributed by atoms with Gasteiger partial charge in [-0.1, -0.05) is 13.8 Å². The highest BCUT2D eigenvalue weighted by molar-refractivity contribution is 9.10. The van der Waals surface area contributed by atoms with E-state index in [-0.39, 0.29) is 11.9 Å². The minimum absolute atomic E-state index is 0.0440. The number of halogens is 2. The molecule has 0 radical (unpaired) electrons. The van der Waals surface area contributed by atoms with Crippen molar-refractivity contribution in [2.24, 2.45) is 0 Å². The highest BCUT2D eigenvalue weighted by Crippen LogP contribution is 2.40. The Hall–Kier alpha value is -0.610. The lowest BCUT2D eigenvalue weighted by Gasteiger charge is -2.15. The van der Waals surface area contributed by atoms with E-state index in [1.807, 2.05) is 13.8 Å². The number of nitrogens with one attached hydrogen (secondary N) is 1. The Morgan fingerprint density at radius 2 is 2.27 bits per heavy atom. The van der Waals surface area contributed by atoms with Gasteiger partial charge in [-0.25, -0.2) is 4.39 Å². The number of hydrogen-bond donors (Lipinski definition) is 1. The van der Waals surface area contributed by atoms with Crippen LogP contribution in [0.2, 0.25) is 0 Å². The van der Waals surface area contributed by atoms with Crippen LogP contribution in [0.25, 0.3) is 0 Å². The molecule has 0 spiro atoms. The Morgan fingerprint density at radius 3 is 2.93 bits per heavy atom. The SMILES string of the molecule is CC(C)NC1COc2c(Br)ccc(F)c21. The van der Waals surface area contributed by atoms with E-state index in [0.717, 1.165) is 4.47 Å². The first-order chi connectivity index (χ1) is 7.09. The first-order valence-electron chi connectivity index (χ1n) is 4.96. The standard InChI is InChI=1S/C11H13BrFNO/c1-6(2)14-9-5-15-11-7(12)3-4-8(13)10(9)11/h3-4,6,9,14H,5H2,1-2H3. The Morgan fingerprint density at radius 1 is 1.53 bits per heavy atom. The molecule has 1 aromatic carbocycles. The minimum Gasteiger partial charge on any atom is -0.490 e. The zero-order chi connectivity index (χ0) is 11.0. The summed E-state index contributed by atoms with van der Waals surface area (Å²) >= 11 is 3.36. The van der Waals surface area contributed by atoms with Crippen molar-refractivity contribution in [3.63, 3.8) is 0 Å². The molecule has 0 saturated heterocycles. The number of ether oxygens (including phenoxy) is 1. The van der Waals surface area contributed by atoms with Gasteiger partial charge < -0.3 is 10.1 Å². The van der Waals surface area contributed by atoms with Gasteiger partial charge in [-0.2, -0.15) is 0 Å². The minimum atomic E-state index is -0.205. The van der Waals surface area contributed by atoms with Crippen molar-refractivity contribution < 1.29 is 9.13 Å². The van der Waals surface area contributed by atoms with Crippen LogP contribution in [0.3, 0.4) is 0 Å². The van der Waals surface area contributed by atoms with Crippen molar-refractivity contribution in [1.82, 2.24) is 5.32 Å². The molecular formula is C11H13BrFNO. The van der Waals surface area contributed by atoms with Crippen molar-refractivity contribution in [2.45, 2.75) is 25.9 Å². The van der Waals surface area contributed by atoms with Gasteiger partial charge in [0.25, 0.3) is 0 Å². The lowest BCUT2D eigenvalue weighted by Crippen LogP contribution is -2.29. The molecule has 15 heavy (non-hydrogen) atoms. The van der Waals surface area contributed by atoms with E-state index in [9.17, 15) is 4.39 Å². The maximum Gasteiger partial charge on any atom is 0.141 e. The first-order valence-corrected chi connectivity index (χ1v) is 5.75. The fraction of sp³-hybridized carbons (Fsp3) is 0.455. The number of hydrogen-bond acceptors (Lipinski definition) is 2. The van der Waals surface area contributed by atoms with Crippen LogP contribution < -0.4 is 10.1 Å². The molecule has 0 aliphatic carbocycles. The van der Waals surface area contributed by atoms with Crippen LogP contribution in [-0.2, 0) is 0 Å². The summed E-state index contributed by atoms with van der Waals surface area (Å²) in [6, 6.07) is 3.40. The fourth-order valence-electron chi connectivity index (χ4n) is 1.80. The predicted octanol–water partition coefficient (Wildman–Crippen LogP) is 3.02. The van der Waals surface area contributed by atoms with Crippen LogP contribution in [0.15, 0.2) is 16.6 Å². The van der Waals surface area contributed by atoms with E-state index in [4.69, 9.17) is 4.74 Å². The second kappa shape index (κ2) is 4.10. The molecule has 0 saturated carbocycles. The van der Waals surface area contributed by atoms with Crippen LogP contribution in [-0.4, -0.2) is 12.6 Å². The van der Waals surface area contributed by atoms with Gasteiger partial charge in [-0.05, 0) is 28.1 Å². The van der Waals surface area contributed by atoms with E-state index in [0.29, 0.717) is 24.0 Å². The third-order valence-electron chi connectivity index (χ3n) is 2.37. The number of fused-ring (bicyclic) bond motifs is 1. The zero-order valence-corrected chi connectivity index (χ0v) is 10.3. The smallest absolute Gasteiger partial charge is 0.141 e. The van der Waals surface area contributed by atoms with Crippen molar-refractivity contribution in [3.05, 3.63) is 28.0 Å². The van der Waals surface area contributed by atoms with Crippen molar-refractivity contribution in [1.29, 1.82) is 0 Å². The van der Waals surface area contributed by atoms with E-state index >= 15 is 0 Å².